The minimum atomic E-state index is 0.639. The predicted molar refractivity (Wildman–Crippen MR) is 73.1 cm³/mol. The highest BCUT2D eigenvalue weighted by molar-refractivity contribution is 5.58. The average Bonchev–Trinajstić information content (AvgIpc) is 2.83. The highest BCUT2D eigenvalue weighted by Gasteiger charge is 2.26. The van der Waals surface area contributed by atoms with Gasteiger partial charge in [0.1, 0.15) is 0 Å². The molecule has 1 atom stereocenters. The maximum atomic E-state index is 7.24. The molecule has 1 aromatic carbocycles. The van der Waals surface area contributed by atoms with Crippen LogP contribution in [0.2, 0.25) is 0 Å². The number of rotatable bonds is 2. The molecule has 1 aromatic rings. The molecule has 2 aliphatic rings. The van der Waals surface area contributed by atoms with Crippen molar-refractivity contribution >= 4 is 5.69 Å². The number of fused-ring (bicyclic) bond motifs is 1. The van der Waals surface area contributed by atoms with Crippen LogP contribution in [-0.2, 0) is 6.42 Å². The van der Waals surface area contributed by atoms with Gasteiger partial charge < -0.3 is 10.2 Å². The smallest absolute Gasteiger partial charge is 0.190 e. The van der Waals surface area contributed by atoms with Crippen molar-refractivity contribution in [3.8, 4) is 0 Å². The highest BCUT2D eigenvalue weighted by atomic mass is 15.2. The van der Waals surface area contributed by atoms with E-state index in [-0.39, 0.29) is 0 Å². The second-order valence-electron chi connectivity index (χ2n) is 5.24. The topological polar surface area (TPSA) is 19.6 Å². The van der Waals surface area contributed by atoms with Crippen LogP contribution in [0.1, 0.15) is 23.5 Å². The molecule has 0 radical (unpaired) electrons. The molecule has 1 fully saturated rings. The van der Waals surface area contributed by atoms with Gasteiger partial charge in [0.25, 0.3) is 0 Å². The second-order valence-corrected chi connectivity index (χ2v) is 5.24. The lowest BCUT2D eigenvalue weighted by atomic mass is 10.00. The molecule has 3 rings (SSSR count). The zero-order valence-electron chi connectivity index (χ0n) is 10.7. The molecule has 0 bridgehead atoms. The van der Waals surface area contributed by atoms with Crippen LogP contribution in [0.4, 0.5) is 5.69 Å². The molecule has 0 saturated carbocycles. The quantitative estimate of drug-likeness (QED) is 0.801. The Kier molecular flexibility index (Phi) is 3.31. The summed E-state index contributed by atoms with van der Waals surface area (Å²) in [5.74, 6) is 0.639. The van der Waals surface area contributed by atoms with Gasteiger partial charge in [-0.1, -0.05) is 23.8 Å². The van der Waals surface area contributed by atoms with E-state index >= 15 is 0 Å². The summed E-state index contributed by atoms with van der Waals surface area (Å²) in [6, 6.07) is 6.23. The first-order valence-electron chi connectivity index (χ1n) is 6.81. The Morgan fingerprint density at radius 1 is 1.33 bits per heavy atom. The van der Waals surface area contributed by atoms with E-state index in [0.29, 0.717) is 5.92 Å². The van der Waals surface area contributed by atoms with E-state index in [9.17, 15) is 0 Å². The molecule has 1 aliphatic carbocycles. The van der Waals surface area contributed by atoms with E-state index in [1.165, 1.54) is 17.5 Å². The standard InChI is InChI=1S/C15H19N3/c1-16-15-4-2-3-13-12(5-6-14(13)15)11-18-9-7-17-8-10-18/h2-4,12,17H,5-11H2. The second kappa shape index (κ2) is 5.09. The van der Waals surface area contributed by atoms with Crippen molar-refractivity contribution in [1.82, 2.24) is 10.2 Å². The number of hydrogen-bond donors (Lipinski definition) is 1. The van der Waals surface area contributed by atoms with Crippen molar-refractivity contribution in [1.29, 1.82) is 0 Å². The Bertz CT molecular complexity index is 469. The van der Waals surface area contributed by atoms with Crippen LogP contribution >= 0.6 is 0 Å². The summed E-state index contributed by atoms with van der Waals surface area (Å²) < 4.78 is 0. The van der Waals surface area contributed by atoms with Gasteiger partial charge in [-0.2, -0.15) is 0 Å². The Balaban J connectivity index is 1.76. The van der Waals surface area contributed by atoms with Crippen molar-refractivity contribution in [2.45, 2.75) is 18.8 Å². The molecule has 0 aromatic heterocycles. The zero-order chi connectivity index (χ0) is 12.4. The Morgan fingerprint density at radius 2 is 2.17 bits per heavy atom. The first-order chi connectivity index (χ1) is 8.88. The normalized spacial score (nSPS) is 23.6. The third kappa shape index (κ3) is 2.14. The lowest BCUT2D eigenvalue weighted by Crippen LogP contribution is -2.44. The first-order valence-corrected chi connectivity index (χ1v) is 6.81. The highest BCUT2D eigenvalue weighted by Crippen LogP contribution is 2.38. The van der Waals surface area contributed by atoms with E-state index in [0.717, 1.165) is 44.8 Å². The van der Waals surface area contributed by atoms with Gasteiger partial charge in [-0.3, -0.25) is 0 Å². The Labute approximate surface area is 109 Å². The molecule has 0 spiro atoms. The molecule has 0 amide bonds. The third-order valence-corrected chi connectivity index (χ3v) is 4.18. The van der Waals surface area contributed by atoms with Crippen LogP contribution in [0.25, 0.3) is 4.85 Å². The molecule has 1 heterocycles. The summed E-state index contributed by atoms with van der Waals surface area (Å²) in [7, 11) is 0. The molecular weight excluding hydrogens is 222 g/mol. The maximum Gasteiger partial charge on any atom is 0.190 e. The van der Waals surface area contributed by atoms with Crippen molar-refractivity contribution < 1.29 is 0 Å². The molecule has 1 aliphatic heterocycles. The van der Waals surface area contributed by atoms with E-state index in [1.54, 1.807) is 0 Å². The van der Waals surface area contributed by atoms with Crippen LogP contribution in [0, 0.1) is 6.57 Å². The van der Waals surface area contributed by atoms with Crippen molar-refractivity contribution in [2.24, 2.45) is 0 Å². The van der Waals surface area contributed by atoms with E-state index < -0.39 is 0 Å². The fraction of sp³-hybridized carbons (Fsp3) is 0.533. The largest absolute Gasteiger partial charge is 0.314 e. The summed E-state index contributed by atoms with van der Waals surface area (Å²) in [6.07, 6.45) is 2.30. The molecule has 3 nitrogen and oxygen atoms in total. The SMILES string of the molecule is [C-]#[N+]c1cccc2c1CCC2CN1CCNCC1. The van der Waals surface area contributed by atoms with Crippen LogP contribution in [-0.4, -0.2) is 37.6 Å². The molecule has 1 N–H and O–H groups in total. The molecule has 94 valence electrons. The lowest BCUT2D eigenvalue weighted by molar-refractivity contribution is 0.226. The van der Waals surface area contributed by atoms with Crippen molar-refractivity contribution in [2.75, 3.05) is 32.7 Å². The van der Waals surface area contributed by atoms with E-state index in [2.05, 4.69) is 21.1 Å². The minimum absolute atomic E-state index is 0.639. The fourth-order valence-electron chi connectivity index (χ4n) is 3.22. The number of piperazine rings is 1. The molecule has 1 saturated heterocycles. The van der Waals surface area contributed by atoms with Gasteiger partial charge in [0.2, 0.25) is 0 Å². The van der Waals surface area contributed by atoms with E-state index in [1.807, 2.05) is 12.1 Å². The summed E-state index contributed by atoms with van der Waals surface area (Å²) in [6.45, 7) is 12.9. The predicted octanol–water partition coefficient (Wildman–Crippen LogP) is 2.17. The van der Waals surface area contributed by atoms with Crippen molar-refractivity contribution in [3.63, 3.8) is 0 Å². The van der Waals surface area contributed by atoms with Gasteiger partial charge in [-0.15, -0.1) is 0 Å². The lowest BCUT2D eigenvalue weighted by Gasteiger charge is -2.29. The molecule has 18 heavy (non-hydrogen) atoms. The summed E-state index contributed by atoms with van der Waals surface area (Å²) in [5, 5.41) is 3.40. The van der Waals surface area contributed by atoms with Gasteiger partial charge in [-0.05, 0) is 24.3 Å². The summed E-state index contributed by atoms with van der Waals surface area (Å²) in [4.78, 5) is 6.21. The molecule has 1 unspecified atom stereocenters. The number of nitrogens with one attached hydrogen (secondary N) is 1. The van der Waals surface area contributed by atoms with Gasteiger partial charge in [0.05, 0.1) is 6.57 Å². The van der Waals surface area contributed by atoms with Gasteiger partial charge in [-0.25, -0.2) is 4.85 Å². The summed E-state index contributed by atoms with van der Waals surface area (Å²) >= 11 is 0. The average molecular weight is 241 g/mol. The number of nitrogens with zero attached hydrogens (tertiary/aromatic N) is 2. The van der Waals surface area contributed by atoms with Crippen LogP contribution in [0.5, 0.6) is 0 Å². The fourth-order valence-corrected chi connectivity index (χ4v) is 3.22. The van der Waals surface area contributed by atoms with Gasteiger partial charge in [0, 0.05) is 32.7 Å². The van der Waals surface area contributed by atoms with Crippen molar-refractivity contribution in [3.05, 3.63) is 40.7 Å². The van der Waals surface area contributed by atoms with Gasteiger partial charge in [0.15, 0.2) is 5.69 Å². The Hall–Kier alpha value is -1.37. The summed E-state index contributed by atoms with van der Waals surface area (Å²) in [5.41, 5.74) is 3.62. The maximum absolute atomic E-state index is 7.24. The van der Waals surface area contributed by atoms with Crippen LogP contribution < -0.4 is 5.32 Å². The van der Waals surface area contributed by atoms with Gasteiger partial charge >= 0.3 is 0 Å². The minimum Gasteiger partial charge on any atom is -0.314 e. The monoisotopic (exact) mass is 241 g/mol. The third-order valence-electron chi connectivity index (χ3n) is 4.18. The zero-order valence-corrected chi connectivity index (χ0v) is 10.7. The first kappa shape index (κ1) is 11.7. The molecule has 3 heteroatoms. The Morgan fingerprint density at radius 3 is 2.94 bits per heavy atom. The number of benzene rings is 1. The van der Waals surface area contributed by atoms with Crippen LogP contribution in [0.3, 0.4) is 0 Å². The molecular formula is C15H19N3. The van der Waals surface area contributed by atoms with Crippen LogP contribution in [0.15, 0.2) is 18.2 Å². The number of hydrogen-bond acceptors (Lipinski definition) is 2. The van der Waals surface area contributed by atoms with E-state index in [4.69, 9.17) is 6.57 Å².